The van der Waals surface area contributed by atoms with Crippen LogP contribution < -0.4 is 0 Å². The van der Waals surface area contributed by atoms with Gasteiger partial charge in [0.05, 0.1) is 0 Å². The molecule has 0 radical (unpaired) electrons. The molecule has 0 fully saturated rings. The SMILES string of the molecule is CC(C)c1cc(C(C)C)c2ccccc2c1C(C)C. The second-order valence-electron chi connectivity index (χ2n) is 6.48. The van der Waals surface area contributed by atoms with Gasteiger partial charge < -0.3 is 0 Å². The fourth-order valence-electron chi connectivity index (χ4n) is 3.05. The lowest BCUT2D eigenvalue weighted by Crippen LogP contribution is -2.03. The average molecular weight is 254 g/mol. The summed E-state index contributed by atoms with van der Waals surface area (Å²) < 4.78 is 0. The molecule has 0 saturated heterocycles. The standard InChI is InChI=1S/C19H26/c1-12(2)17-11-18(13(3)4)19(14(5)6)16-10-8-7-9-15(16)17/h7-14H,1-6H3. The maximum atomic E-state index is 2.45. The van der Waals surface area contributed by atoms with Crippen LogP contribution in [0.5, 0.6) is 0 Å². The normalized spacial score (nSPS) is 12.1. The van der Waals surface area contributed by atoms with Gasteiger partial charge in [0.25, 0.3) is 0 Å². The molecule has 0 aliphatic carbocycles. The zero-order chi connectivity index (χ0) is 14.2. The summed E-state index contributed by atoms with van der Waals surface area (Å²) in [6.45, 7) is 13.8. The molecule has 0 unspecified atom stereocenters. The molecule has 0 spiro atoms. The molecule has 0 aliphatic rings. The van der Waals surface area contributed by atoms with Crippen LogP contribution in [0, 0.1) is 0 Å². The van der Waals surface area contributed by atoms with E-state index in [0.29, 0.717) is 17.8 Å². The lowest BCUT2D eigenvalue weighted by atomic mass is 9.82. The van der Waals surface area contributed by atoms with Crippen LogP contribution >= 0.6 is 0 Å². The molecule has 0 bridgehead atoms. The summed E-state index contributed by atoms with van der Waals surface area (Å²) in [4.78, 5) is 0. The molecule has 2 rings (SSSR count). The van der Waals surface area contributed by atoms with E-state index in [1.165, 1.54) is 27.5 Å². The zero-order valence-corrected chi connectivity index (χ0v) is 13.1. The van der Waals surface area contributed by atoms with Crippen molar-refractivity contribution in [1.82, 2.24) is 0 Å². The number of hydrogen-bond acceptors (Lipinski definition) is 0. The van der Waals surface area contributed by atoms with Crippen molar-refractivity contribution < 1.29 is 0 Å². The van der Waals surface area contributed by atoms with Gasteiger partial charge in [0.1, 0.15) is 0 Å². The first-order valence-electron chi connectivity index (χ1n) is 7.48. The molecule has 2 aromatic carbocycles. The van der Waals surface area contributed by atoms with Crippen molar-refractivity contribution in [2.24, 2.45) is 0 Å². The highest BCUT2D eigenvalue weighted by Crippen LogP contribution is 2.37. The molecule has 19 heavy (non-hydrogen) atoms. The molecule has 0 saturated carbocycles. The first-order chi connectivity index (χ1) is 8.93. The molecule has 0 atom stereocenters. The van der Waals surface area contributed by atoms with Crippen molar-refractivity contribution in [1.29, 1.82) is 0 Å². The minimum atomic E-state index is 0.573. The zero-order valence-electron chi connectivity index (χ0n) is 13.1. The molecule has 0 N–H and O–H groups in total. The third-order valence-electron chi connectivity index (χ3n) is 3.97. The van der Waals surface area contributed by atoms with Gasteiger partial charge in [-0.25, -0.2) is 0 Å². The Kier molecular flexibility index (Phi) is 3.99. The fourth-order valence-corrected chi connectivity index (χ4v) is 3.05. The van der Waals surface area contributed by atoms with Crippen LogP contribution in [-0.4, -0.2) is 0 Å². The highest BCUT2D eigenvalue weighted by molar-refractivity contribution is 5.90. The topological polar surface area (TPSA) is 0 Å². The smallest absolute Gasteiger partial charge is 0.0144 e. The van der Waals surface area contributed by atoms with Gasteiger partial charge in [-0.2, -0.15) is 0 Å². The monoisotopic (exact) mass is 254 g/mol. The van der Waals surface area contributed by atoms with Gasteiger partial charge in [0.15, 0.2) is 0 Å². The van der Waals surface area contributed by atoms with E-state index in [1.807, 2.05) is 0 Å². The molecule has 102 valence electrons. The first-order valence-corrected chi connectivity index (χ1v) is 7.48. The second kappa shape index (κ2) is 5.36. The van der Waals surface area contributed by atoms with Crippen LogP contribution in [0.3, 0.4) is 0 Å². The molecular weight excluding hydrogens is 228 g/mol. The van der Waals surface area contributed by atoms with Gasteiger partial charge >= 0.3 is 0 Å². The van der Waals surface area contributed by atoms with E-state index in [4.69, 9.17) is 0 Å². The minimum Gasteiger partial charge on any atom is -0.0616 e. The van der Waals surface area contributed by atoms with E-state index in [2.05, 4.69) is 71.9 Å². The van der Waals surface area contributed by atoms with Crippen molar-refractivity contribution in [3.8, 4) is 0 Å². The van der Waals surface area contributed by atoms with E-state index in [-0.39, 0.29) is 0 Å². The Labute approximate surface area is 117 Å². The molecular formula is C19H26. The Bertz CT molecular complexity index is 574. The van der Waals surface area contributed by atoms with Crippen LogP contribution in [0.1, 0.15) is 76.0 Å². The molecule has 0 aliphatic heterocycles. The average Bonchev–Trinajstić information content (AvgIpc) is 2.35. The Morgan fingerprint density at radius 1 is 0.632 bits per heavy atom. The Morgan fingerprint density at radius 3 is 1.63 bits per heavy atom. The predicted molar refractivity (Wildman–Crippen MR) is 86.2 cm³/mol. The van der Waals surface area contributed by atoms with Crippen molar-refractivity contribution in [3.63, 3.8) is 0 Å². The van der Waals surface area contributed by atoms with E-state index in [0.717, 1.165) is 0 Å². The van der Waals surface area contributed by atoms with Gasteiger partial charge in [-0.05, 0) is 45.2 Å². The van der Waals surface area contributed by atoms with Gasteiger partial charge in [0, 0.05) is 0 Å². The molecule has 0 heterocycles. The van der Waals surface area contributed by atoms with Crippen LogP contribution in [0.2, 0.25) is 0 Å². The van der Waals surface area contributed by atoms with Crippen molar-refractivity contribution in [2.75, 3.05) is 0 Å². The Morgan fingerprint density at radius 2 is 1.16 bits per heavy atom. The number of rotatable bonds is 3. The highest BCUT2D eigenvalue weighted by atomic mass is 14.2. The largest absolute Gasteiger partial charge is 0.0616 e. The first kappa shape index (κ1) is 14.1. The molecule has 0 nitrogen and oxygen atoms in total. The van der Waals surface area contributed by atoms with E-state index < -0.39 is 0 Å². The lowest BCUT2D eigenvalue weighted by molar-refractivity contribution is 0.788. The van der Waals surface area contributed by atoms with Gasteiger partial charge in [0.2, 0.25) is 0 Å². The van der Waals surface area contributed by atoms with Crippen LogP contribution in [-0.2, 0) is 0 Å². The summed E-state index contributed by atoms with van der Waals surface area (Å²) in [7, 11) is 0. The third-order valence-corrected chi connectivity index (χ3v) is 3.97. The highest BCUT2D eigenvalue weighted by Gasteiger charge is 2.17. The third kappa shape index (κ3) is 2.54. The minimum absolute atomic E-state index is 0.573. The van der Waals surface area contributed by atoms with Gasteiger partial charge in [-0.3, -0.25) is 0 Å². The Hall–Kier alpha value is -1.30. The van der Waals surface area contributed by atoms with Gasteiger partial charge in [-0.15, -0.1) is 0 Å². The summed E-state index contributed by atoms with van der Waals surface area (Å²) in [5.74, 6) is 1.73. The summed E-state index contributed by atoms with van der Waals surface area (Å²) in [5, 5.41) is 2.89. The molecule has 0 amide bonds. The lowest BCUT2D eigenvalue weighted by Gasteiger charge is -2.22. The number of benzene rings is 2. The second-order valence-corrected chi connectivity index (χ2v) is 6.48. The Balaban J connectivity index is 2.90. The van der Waals surface area contributed by atoms with Crippen molar-refractivity contribution in [3.05, 3.63) is 47.0 Å². The summed E-state index contributed by atoms with van der Waals surface area (Å²) in [6, 6.07) is 11.4. The van der Waals surface area contributed by atoms with E-state index in [1.54, 1.807) is 0 Å². The van der Waals surface area contributed by atoms with Crippen LogP contribution in [0.15, 0.2) is 30.3 Å². The molecule has 0 heteroatoms. The number of hydrogen-bond donors (Lipinski definition) is 0. The summed E-state index contributed by atoms with van der Waals surface area (Å²) >= 11 is 0. The summed E-state index contributed by atoms with van der Waals surface area (Å²) in [6.07, 6.45) is 0. The van der Waals surface area contributed by atoms with E-state index in [9.17, 15) is 0 Å². The number of fused-ring (bicyclic) bond motifs is 1. The van der Waals surface area contributed by atoms with Crippen LogP contribution in [0.25, 0.3) is 10.8 Å². The van der Waals surface area contributed by atoms with Crippen molar-refractivity contribution in [2.45, 2.75) is 59.3 Å². The predicted octanol–water partition coefficient (Wildman–Crippen LogP) is 6.21. The van der Waals surface area contributed by atoms with E-state index >= 15 is 0 Å². The fraction of sp³-hybridized carbons (Fsp3) is 0.474. The van der Waals surface area contributed by atoms with Crippen molar-refractivity contribution >= 4 is 10.8 Å². The quantitative estimate of drug-likeness (QED) is 0.611. The summed E-state index contributed by atoms with van der Waals surface area (Å²) in [5.41, 5.74) is 4.55. The maximum Gasteiger partial charge on any atom is -0.0144 e. The van der Waals surface area contributed by atoms with Gasteiger partial charge in [-0.1, -0.05) is 71.9 Å². The molecule has 2 aromatic rings. The van der Waals surface area contributed by atoms with Crippen LogP contribution in [0.4, 0.5) is 0 Å². The molecule has 0 aromatic heterocycles. The maximum absolute atomic E-state index is 2.45.